The van der Waals surface area contributed by atoms with Gasteiger partial charge in [0.2, 0.25) is 11.8 Å². The van der Waals surface area contributed by atoms with E-state index in [1.54, 1.807) is 17.0 Å². The number of anilines is 1. The second-order valence-corrected chi connectivity index (χ2v) is 5.23. The van der Waals surface area contributed by atoms with E-state index in [0.29, 0.717) is 12.1 Å². The van der Waals surface area contributed by atoms with Gasteiger partial charge < -0.3 is 20.8 Å². The van der Waals surface area contributed by atoms with E-state index in [9.17, 15) is 35.9 Å². The molecule has 0 aromatic heterocycles. The van der Waals surface area contributed by atoms with Crippen molar-refractivity contribution >= 4 is 29.4 Å². The van der Waals surface area contributed by atoms with Gasteiger partial charge in [0, 0.05) is 24.7 Å². The first-order valence-electron chi connectivity index (χ1n) is 7.29. The minimum atomic E-state index is -5.08. The molecule has 1 heterocycles. The van der Waals surface area contributed by atoms with Gasteiger partial charge in [-0.05, 0) is 24.1 Å². The van der Waals surface area contributed by atoms with Gasteiger partial charge in [0.05, 0.1) is 0 Å². The minimum absolute atomic E-state index is 0.00429. The lowest BCUT2D eigenvalue weighted by molar-refractivity contribution is -0.193. The van der Waals surface area contributed by atoms with E-state index < -0.39 is 30.2 Å². The molecule has 2 amide bonds. The van der Waals surface area contributed by atoms with Crippen LogP contribution < -0.4 is 10.6 Å². The van der Waals surface area contributed by atoms with E-state index in [1.165, 1.54) is 6.92 Å². The van der Waals surface area contributed by atoms with Crippen molar-refractivity contribution in [1.29, 1.82) is 0 Å². The van der Waals surface area contributed by atoms with Crippen LogP contribution in [0.4, 0.5) is 32.0 Å². The Morgan fingerprint density at radius 2 is 1.38 bits per heavy atom. The Morgan fingerprint density at radius 3 is 1.69 bits per heavy atom. The van der Waals surface area contributed by atoms with Gasteiger partial charge in [0.25, 0.3) is 0 Å². The van der Waals surface area contributed by atoms with Crippen molar-refractivity contribution in [3.8, 4) is 0 Å². The molecule has 0 unspecified atom stereocenters. The van der Waals surface area contributed by atoms with Crippen LogP contribution in [0.25, 0.3) is 0 Å². The molecule has 162 valence electrons. The summed E-state index contributed by atoms with van der Waals surface area (Å²) in [5, 5.41) is 14.2. The largest absolute Gasteiger partial charge is 0.490 e. The van der Waals surface area contributed by atoms with Gasteiger partial charge in [0.1, 0.15) is 0 Å². The zero-order chi connectivity index (χ0) is 23.2. The van der Waals surface area contributed by atoms with Gasteiger partial charge in [-0.1, -0.05) is 6.07 Å². The minimum Gasteiger partial charge on any atom is -0.475 e. The summed E-state index contributed by atoms with van der Waals surface area (Å²) in [6, 6.07) is 5.25. The fourth-order valence-corrected chi connectivity index (χ4v) is 1.86. The standard InChI is InChI=1S/C11H12N2O2.2C2HF3O2/c1-7(14)13-5-4-8-2-3-9(11(12)15)6-10(8)13;2*3-2(4,5)1(6)7/h2-3,6H,4-5H2,1H3,(H2,12,15);2*(H,6,7). The third-order valence-corrected chi connectivity index (χ3v) is 3.13. The van der Waals surface area contributed by atoms with E-state index in [4.69, 9.17) is 25.5 Å². The highest BCUT2D eigenvalue weighted by Gasteiger charge is 2.38. The summed E-state index contributed by atoms with van der Waals surface area (Å²) in [6.07, 6.45) is -9.33. The number of carbonyl (C=O) groups is 4. The number of amides is 2. The molecular formula is C15H14F6N2O6. The molecule has 1 aromatic rings. The summed E-state index contributed by atoms with van der Waals surface area (Å²) in [6.45, 7) is 2.21. The highest BCUT2D eigenvalue weighted by Crippen LogP contribution is 2.28. The number of benzene rings is 1. The van der Waals surface area contributed by atoms with E-state index in [0.717, 1.165) is 17.7 Å². The first-order valence-corrected chi connectivity index (χ1v) is 7.29. The molecule has 0 radical (unpaired) electrons. The second kappa shape index (κ2) is 9.75. The van der Waals surface area contributed by atoms with Crippen molar-refractivity contribution in [3.05, 3.63) is 29.3 Å². The molecule has 14 heteroatoms. The molecule has 1 aliphatic heterocycles. The Labute approximate surface area is 158 Å². The van der Waals surface area contributed by atoms with Crippen LogP contribution in [0, 0.1) is 0 Å². The molecule has 1 aliphatic rings. The number of rotatable bonds is 1. The third kappa shape index (κ3) is 8.49. The van der Waals surface area contributed by atoms with Crippen LogP contribution in [-0.2, 0) is 20.8 Å². The van der Waals surface area contributed by atoms with Crippen molar-refractivity contribution in [2.75, 3.05) is 11.4 Å². The summed E-state index contributed by atoms with van der Waals surface area (Å²) in [7, 11) is 0. The molecular weight excluding hydrogens is 418 g/mol. The number of halogens is 6. The average Bonchev–Trinajstić information content (AvgIpc) is 2.97. The number of nitrogens with two attached hydrogens (primary N) is 1. The van der Waals surface area contributed by atoms with E-state index in [1.807, 2.05) is 6.07 Å². The monoisotopic (exact) mass is 432 g/mol. The summed E-state index contributed by atoms with van der Waals surface area (Å²) < 4.78 is 63.5. The fourth-order valence-electron chi connectivity index (χ4n) is 1.86. The first-order chi connectivity index (χ1) is 13.0. The Hall–Kier alpha value is -3.32. The molecule has 8 nitrogen and oxygen atoms in total. The highest BCUT2D eigenvalue weighted by molar-refractivity contribution is 5.98. The number of hydrogen-bond donors (Lipinski definition) is 3. The van der Waals surface area contributed by atoms with Crippen molar-refractivity contribution < 1.29 is 55.7 Å². The normalized spacial score (nSPS) is 12.6. The lowest BCUT2D eigenvalue weighted by Gasteiger charge is -2.14. The van der Waals surface area contributed by atoms with Crippen LogP contribution in [0.3, 0.4) is 0 Å². The lowest BCUT2D eigenvalue weighted by Crippen LogP contribution is -2.26. The zero-order valence-corrected chi connectivity index (χ0v) is 14.5. The number of nitrogens with zero attached hydrogens (tertiary/aromatic N) is 1. The summed E-state index contributed by atoms with van der Waals surface area (Å²) in [4.78, 5) is 41.8. The van der Waals surface area contributed by atoms with Crippen LogP contribution >= 0.6 is 0 Å². The average molecular weight is 432 g/mol. The molecule has 0 saturated heterocycles. The van der Waals surface area contributed by atoms with Crippen LogP contribution in [0.15, 0.2) is 18.2 Å². The molecule has 1 aromatic carbocycles. The number of aliphatic carboxylic acids is 2. The Kier molecular flexibility index (Phi) is 8.63. The Balaban J connectivity index is 0.000000473. The molecule has 0 spiro atoms. The Bertz CT molecular complexity index is 766. The SMILES string of the molecule is CC(=O)N1CCc2ccc(C(N)=O)cc21.O=C(O)C(F)(F)F.O=C(O)C(F)(F)F. The van der Waals surface area contributed by atoms with Gasteiger partial charge in [-0.2, -0.15) is 26.3 Å². The van der Waals surface area contributed by atoms with E-state index in [-0.39, 0.29) is 5.91 Å². The smallest absolute Gasteiger partial charge is 0.475 e. The van der Waals surface area contributed by atoms with Crippen LogP contribution in [0.1, 0.15) is 22.8 Å². The van der Waals surface area contributed by atoms with Gasteiger partial charge in [-0.25, -0.2) is 9.59 Å². The molecule has 4 N–H and O–H groups in total. The van der Waals surface area contributed by atoms with Gasteiger partial charge >= 0.3 is 24.3 Å². The highest BCUT2D eigenvalue weighted by atomic mass is 19.4. The maximum Gasteiger partial charge on any atom is 0.490 e. The van der Waals surface area contributed by atoms with Crippen molar-refractivity contribution in [2.24, 2.45) is 5.73 Å². The predicted molar refractivity (Wildman–Crippen MR) is 84.1 cm³/mol. The number of fused-ring (bicyclic) bond motifs is 1. The fraction of sp³-hybridized carbons (Fsp3) is 0.333. The Morgan fingerprint density at radius 1 is 0.966 bits per heavy atom. The van der Waals surface area contributed by atoms with Gasteiger partial charge in [0.15, 0.2) is 0 Å². The third-order valence-electron chi connectivity index (χ3n) is 3.13. The summed E-state index contributed by atoms with van der Waals surface area (Å²) in [5.41, 5.74) is 7.54. The van der Waals surface area contributed by atoms with Crippen LogP contribution in [0.2, 0.25) is 0 Å². The van der Waals surface area contributed by atoms with Gasteiger partial charge in [-0.15, -0.1) is 0 Å². The summed E-state index contributed by atoms with van der Waals surface area (Å²) in [5.74, 6) is -5.98. The molecule has 0 fully saturated rings. The maximum absolute atomic E-state index is 11.3. The number of carboxylic acid groups (broad SMARTS) is 2. The van der Waals surface area contributed by atoms with Crippen molar-refractivity contribution in [3.63, 3.8) is 0 Å². The van der Waals surface area contributed by atoms with E-state index >= 15 is 0 Å². The van der Waals surface area contributed by atoms with E-state index in [2.05, 4.69) is 0 Å². The van der Waals surface area contributed by atoms with Crippen LogP contribution in [-0.4, -0.2) is 52.9 Å². The maximum atomic E-state index is 11.3. The number of hydrogen-bond acceptors (Lipinski definition) is 4. The zero-order valence-electron chi connectivity index (χ0n) is 14.5. The second-order valence-electron chi connectivity index (χ2n) is 5.23. The van der Waals surface area contributed by atoms with Crippen molar-refractivity contribution in [1.82, 2.24) is 0 Å². The molecule has 0 atom stereocenters. The lowest BCUT2D eigenvalue weighted by atomic mass is 10.1. The number of carbonyl (C=O) groups excluding carboxylic acids is 2. The van der Waals surface area contributed by atoms with Gasteiger partial charge in [-0.3, -0.25) is 9.59 Å². The quantitative estimate of drug-likeness (QED) is 0.580. The number of primary amides is 1. The molecule has 0 aliphatic carbocycles. The first kappa shape index (κ1) is 25.7. The topological polar surface area (TPSA) is 138 Å². The molecule has 29 heavy (non-hydrogen) atoms. The predicted octanol–water partition coefficient (Wildman–Crippen LogP) is 1.96. The molecule has 0 bridgehead atoms. The molecule has 2 rings (SSSR count). The number of carboxylic acids is 2. The van der Waals surface area contributed by atoms with Crippen LogP contribution in [0.5, 0.6) is 0 Å². The number of alkyl halides is 6. The molecule has 0 saturated carbocycles. The summed E-state index contributed by atoms with van der Waals surface area (Å²) >= 11 is 0. The van der Waals surface area contributed by atoms with Crippen molar-refractivity contribution in [2.45, 2.75) is 25.7 Å².